The number of nitrogens with zero attached hydrogens (tertiary/aromatic N) is 1. The summed E-state index contributed by atoms with van der Waals surface area (Å²) in [5.41, 5.74) is -0.168. The molecule has 0 aliphatic rings. The Hall–Kier alpha value is -1.76. The average molecular weight is 209 g/mol. The topological polar surface area (TPSA) is 40.9 Å². The van der Waals surface area contributed by atoms with Crippen LogP contribution in [0.15, 0.2) is 18.2 Å². The first-order valence-corrected chi connectivity index (χ1v) is 4.42. The number of ketones is 1. The number of halogens is 2. The van der Waals surface area contributed by atoms with Gasteiger partial charge >= 0.3 is 0 Å². The van der Waals surface area contributed by atoms with Gasteiger partial charge in [0.2, 0.25) is 0 Å². The molecular formula is C11H9F2NO. The highest BCUT2D eigenvalue weighted by atomic mass is 19.1. The monoisotopic (exact) mass is 209 g/mol. The molecule has 0 fully saturated rings. The van der Waals surface area contributed by atoms with Crippen molar-refractivity contribution in [3.63, 3.8) is 0 Å². The van der Waals surface area contributed by atoms with Gasteiger partial charge in [-0.1, -0.05) is 0 Å². The molecule has 0 amide bonds. The average Bonchev–Trinajstić information content (AvgIpc) is 2.17. The number of nitriles is 1. The van der Waals surface area contributed by atoms with Crippen LogP contribution in [0.1, 0.15) is 23.7 Å². The van der Waals surface area contributed by atoms with Crippen LogP contribution in [0.3, 0.4) is 0 Å². The molecule has 0 saturated carbocycles. The number of Topliss-reactive ketones (excluding diaryl/α,β-unsaturated/α-hetero) is 1. The Balaban J connectivity index is 2.88. The third kappa shape index (κ3) is 2.84. The van der Waals surface area contributed by atoms with Gasteiger partial charge in [-0.2, -0.15) is 5.26 Å². The lowest BCUT2D eigenvalue weighted by atomic mass is 10.0. The first kappa shape index (κ1) is 11.3. The molecule has 0 heterocycles. The van der Waals surface area contributed by atoms with Gasteiger partial charge in [0.25, 0.3) is 0 Å². The van der Waals surface area contributed by atoms with Crippen LogP contribution in [0, 0.1) is 28.9 Å². The van der Waals surface area contributed by atoms with Crippen LogP contribution in [-0.4, -0.2) is 5.78 Å². The number of hydrogen-bond acceptors (Lipinski definition) is 2. The van der Waals surface area contributed by atoms with Crippen molar-refractivity contribution < 1.29 is 13.6 Å². The second-order valence-electron chi connectivity index (χ2n) is 3.28. The van der Waals surface area contributed by atoms with Gasteiger partial charge in [-0.05, 0) is 19.1 Å². The fourth-order valence-corrected chi connectivity index (χ4v) is 1.15. The van der Waals surface area contributed by atoms with Gasteiger partial charge in [0.1, 0.15) is 11.6 Å². The SMILES string of the molecule is CC(C#N)CC(=O)c1ccc(F)cc1F. The summed E-state index contributed by atoms with van der Waals surface area (Å²) in [6.45, 7) is 1.57. The van der Waals surface area contributed by atoms with Crippen molar-refractivity contribution in [2.45, 2.75) is 13.3 Å². The predicted octanol–water partition coefficient (Wildman–Crippen LogP) is 2.70. The van der Waals surface area contributed by atoms with E-state index in [4.69, 9.17) is 5.26 Å². The van der Waals surface area contributed by atoms with Gasteiger partial charge in [0, 0.05) is 12.5 Å². The van der Waals surface area contributed by atoms with Gasteiger partial charge in [0.05, 0.1) is 17.6 Å². The highest BCUT2D eigenvalue weighted by Gasteiger charge is 2.15. The molecule has 1 atom stereocenters. The predicted molar refractivity (Wildman–Crippen MR) is 50.1 cm³/mol. The summed E-state index contributed by atoms with van der Waals surface area (Å²) in [6, 6.07) is 4.65. The molecule has 0 N–H and O–H groups in total. The van der Waals surface area contributed by atoms with Gasteiger partial charge in [-0.15, -0.1) is 0 Å². The van der Waals surface area contributed by atoms with Crippen LogP contribution in [0.2, 0.25) is 0 Å². The van der Waals surface area contributed by atoms with Gasteiger partial charge in [0.15, 0.2) is 5.78 Å². The molecule has 2 nitrogen and oxygen atoms in total. The lowest BCUT2D eigenvalue weighted by molar-refractivity contribution is 0.0969. The van der Waals surface area contributed by atoms with E-state index >= 15 is 0 Å². The summed E-state index contributed by atoms with van der Waals surface area (Å²) in [4.78, 5) is 11.4. The number of carbonyl (C=O) groups is 1. The minimum absolute atomic E-state index is 0.0565. The van der Waals surface area contributed by atoms with E-state index in [-0.39, 0.29) is 12.0 Å². The summed E-state index contributed by atoms with van der Waals surface area (Å²) in [6.07, 6.45) is -0.0565. The van der Waals surface area contributed by atoms with Crippen LogP contribution < -0.4 is 0 Å². The molecule has 0 saturated heterocycles. The smallest absolute Gasteiger partial charge is 0.167 e. The van der Waals surface area contributed by atoms with Crippen LogP contribution in [0.25, 0.3) is 0 Å². The molecule has 0 radical (unpaired) electrons. The largest absolute Gasteiger partial charge is 0.294 e. The molecule has 0 aromatic heterocycles. The number of benzene rings is 1. The third-order valence-electron chi connectivity index (χ3n) is 1.94. The lowest BCUT2D eigenvalue weighted by Crippen LogP contribution is -2.07. The summed E-state index contributed by atoms with van der Waals surface area (Å²) < 4.78 is 25.6. The Morgan fingerprint density at radius 3 is 2.73 bits per heavy atom. The van der Waals surface area contributed by atoms with E-state index in [1.54, 1.807) is 6.92 Å². The van der Waals surface area contributed by atoms with E-state index in [9.17, 15) is 13.6 Å². The fraction of sp³-hybridized carbons (Fsp3) is 0.273. The van der Waals surface area contributed by atoms with Crippen molar-refractivity contribution in [2.75, 3.05) is 0 Å². The zero-order chi connectivity index (χ0) is 11.4. The van der Waals surface area contributed by atoms with Gasteiger partial charge in [-0.25, -0.2) is 8.78 Å². The maximum atomic E-state index is 13.1. The minimum atomic E-state index is -0.884. The van der Waals surface area contributed by atoms with E-state index < -0.39 is 23.3 Å². The van der Waals surface area contributed by atoms with Crippen molar-refractivity contribution in [1.82, 2.24) is 0 Å². The van der Waals surface area contributed by atoms with E-state index in [0.717, 1.165) is 12.1 Å². The molecule has 4 heteroatoms. The first-order valence-electron chi connectivity index (χ1n) is 4.42. The Labute approximate surface area is 86.1 Å². The van der Waals surface area contributed by atoms with E-state index in [2.05, 4.69) is 0 Å². The number of rotatable bonds is 3. The number of carbonyl (C=O) groups excluding carboxylic acids is 1. The molecule has 15 heavy (non-hydrogen) atoms. The highest BCUT2D eigenvalue weighted by molar-refractivity contribution is 5.96. The van der Waals surface area contributed by atoms with E-state index in [1.807, 2.05) is 6.07 Å². The molecule has 0 bridgehead atoms. The standard InChI is InChI=1S/C11H9F2NO/c1-7(6-14)4-11(15)9-3-2-8(12)5-10(9)13/h2-3,5,7H,4H2,1H3. The second-order valence-corrected chi connectivity index (χ2v) is 3.28. The maximum Gasteiger partial charge on any atom is 0.167 e. The normalized spacial score (nSPS) is 11.9. The summed E-state index contributed by atoms with van der Waals surface area (Å²) in [7, 11) is 0. The zero-order valence-corrected chi connectivity index (χ0v) is 8.13. The van der Waals surface area contributed by atoms with Crippen LogP contribution in [0.5, 0.6) is 0 Å². The third-order valence-corrected chi connectivity index (χ3v) is 1.94. The maximum absolute atomic E-state index is 13.1. The minimum Gasteiger partial charge on any atom is -0.294 e. The van der Waals surface area contributed by atoms with Crippen molar-refractivity contribution in [3.8, 4) is 6.07 Å². The Morgan fingerprint density at radius 1 is 1.53 bits per heavy atom. The summed E-state index contributed by atoms with van der Waals surface area (Å²) >= 11 is 0. The van der Waals surface area contributed by atoms with E-state index in [0.29, 0.717) is 6.07 Å². The summed E-state index contributed by atoms with van der Waals surface area (Å²) in [5.74, 6) is -2.56. The first-order chi connectivity index (χ1) is 7.04. The summed E-state index contributed by atoms with van der Waals surface area (Å²) in [5, 5.41) is 8.49. The van der Waals surface area contributed by atoms with Crippen molar-refractivity contribution >= 4 is 5.78 Å². The van der Waals surface area contributed by atoms with Crippen LogP contribution >= 0.6 is 0 Å². The number of hydrogen-bond donors (Lipinski definition) is 0. The van der Waals surface area contributed by atoms with Gasteiger partial charge < -0.3 is 0 Å². The molecule has 0 aliphatic heterocycles. The van der Waals surface area contributed by atoms with Gasteiger partial charge in [-0.3, -0.25) is 4.79 Å². The molecule has 0 spiro atoms. The van der Waals surface area contributed by atoms with Crippen molar-refractivity contribution in [1.29, 1.82) is 5.26 Å². The molecule has 78 valence electrons. The van der Waals surface area contributed by atoms with Crippen molar-refractivity contribution in [3.05, 3.63) is 35.4 Å². The lowest BCUT2D eigenvalue weighted by Gasteiger charge is -2.03. The molecule has 1 unspecified atom stereocenters. The van der Waals surface area contributed by atoms with Crippen molar-refractivity contribution in [2.24, 2.45) is 5.92 Å². The van der Waals surface area contributed by atoms with Crippen LogP contribution in [0.4, 0.5) is 8.78 Å². The Kier molecular flexibility index (Phi) is 3.51. The highest BCUT2D eigenvalue weighted by Crippen LogP contribution is 2.14. The molecule has 1 rings (SSSR count). The Bertz CT molecular complexity index is 423. The molecule has 1 aromatic rings. The zero-order valence-electron chi connectivity index (χ0n) is 8.13. The molecular weight excluding hydrogens is 200 g/mol. The quantitative estimate of drug-likeness (QED) is 0.718. The van der Waals surface area contributed by atoms with E-state index in [1.165, 1.54) is 0 Å². The fourth-order valence-electron chi connectivity index (χ4n) is 1.15. The second kappa shape index (κ2) is 4.65. The molecule has 1 aromatic carbocycles. The van der Waals surface area contributed by atoms with Crippen LogP contribution in [-0.2, 0) is 0 Å². The Morgan fingerprint density at radius 2 is 2.20 bits per heavy atom. The molecule has 0 aliphatic carbocycles.